The zero-order chi connectivity index (χ0) is 10.1. The molecule has 4 nitrogen and oxygen atoms in total. The molecule has 0 aliphatic heterocycles. The van der Waals surface area contributed by atoms with Crippen molar-refractivity contribution >= 4 is 0 Å². The van der Waals surface area contributed by atoms with Crippen LogP contribution in [0.1, 0.15) is 6.42 Å². The van der Waals surface area contributed by atoms with Crippen LogP contribution < -0.4 is 0 Å². The van der Waals surface area contributed by atoms with Gasteiger partial charge in [-0.1, -0.05) is 0 Å². The molecule has 0 aromatic heterocycles. The lowest BCUT2D eigenvalue weighted by Gasteiger charge is -2.07. The molecule has 2 N–H and O–H groups in total. The molecule has 78 valence electrons. The van der Waals surface area contributed by atoms with E-state index in [0.29, 0.717) is 13.2 Å². The minimum Gasteiger partial charge on any atom is -0.391 e. The maximum absolute atomic E-state index is 8.72. The van der Waals surface area contributed by atoms with Gasteiger partial charge in [0.25, 0.3) is 0 Å². The molecule has 4 heteroatoms. The van der Waals surface area contributed by atoms with Crippen LogP contribution in [-0.4, -0.2) is 48.8 Å². The second kappa shape index (κ2) is 8.44. The van der Waals surface area contributed by atoms with Gasteiger partial charge in [0.05, 0.1) is 25.4 Å². The monoisotopic (exact) mass is 190 g/mol. The summed E-state index contributed by atoms with van der Waals surface area (Å²) >= 11 is 0. The molecule has 0 saturated heterocycles. The van der Waals surface area contributed by atoms with Crippen molar-refractivity contribution in [1.82, 2.24) is 0 Å². The molecule has 0 aromatic rings. The van der Waals surface area contributed by atoms with E-state index in [1.807, 2.05) is 0 Å². The fourth-order valence-corrected chi connectivity index (χ4v) is 0.702. The number of rotatable bonds is 8. The lowest BCUT2D eigenvalue weighted by atomic mass is 10.4. The highest BCUT2D eigenvalue weighted by Gasteiger charge is 1.97. The van der Waals surface area contributed by atoms with Crippen molar-refractivity contribution in [1.29, 1.82) is 0 Å². The summed E-state index contributed by atoms with van der Waals surface area (Å²) in [5, 5.41) is 17.4. The summed E-state index contributed by atoms with van der Waals surface area (Å²) < 4.78 is 10.1. The summed E-state index contributed by atoms with van der Waals surface area (Å²) in [6, 6.07) is 0. The largest absolute Gasteiger partial charge is 0.391 e. The molecule has 2 radical (unpaired) electrons. The Morgan fingerprint density at radius 2 is 1.31 bits per heavy atom. The van der Waals surface area contributed by atoms with E-state index in [2.05, 4.69) is 13.8 Å². The van der Waals surface area contributed by atoms with Crippen LogP contribution in [0.4, 0.5) is 0 Å². The second-order valence-electron chi connectivity index (χ2n) is 2.81. The topological polar surface area (TPSA) is 58.9 Å². The van der Waals surface area contributed by atoms with Crippen molar-refractivity contribution in [2.75, 3.05) is 26.4 Å². The average Bonchev–Trinajstić information content (AvgIpc) is 2.01. The fourth-order valence-electron chi connectivity index (χ4n) is 0.702. The number of hydrogen-bond donors (Lipinski definition) is 2. The van der Waals surface area contributed by atoms with Crippen LogP contribution >= 0.6 is 0 Å². The smallest absolute Gasteiger partial charge is 0.0774 e. The summed E-state index contributed by atoms with van der Waals surface area (Å²) in [5.74, 6) is 0. The van der Waals surface area contributed by atoms with Gasteiger partial charge in [0.15, 0.2) is 0 Å². The molecule has 0 bridgehead atoms. The highest BCUT2D eigenvalue weighted by molar-refractivity contribution is 4.54. The first kappa shape index (κ1) is 12.8. The van der Waals surface area contributed by atoms with Crippen LogP contribution in [0.2, 0.25) is 0 Å². The van der Waals surface area contributed by atoms with Crippen LogP contribution in [-0.2, 0) is 9.47 Å². The Labute approximate surface area is 79.5 Å². The molecular weight excluding hydrogens is 172 g/mol. The van der Waals surface area contributed by atoms with Gasteiger partial charge in [-0.2, -0.15) is 0 Å². The third-order valence-electron chi connectivity index (χ3n) is 1.20. The third-order valence-corrected chi connectivity index (χ3v) is 1.20. The molecule has 0 rings (SSSR count). The Morgan fingerprint density at radius 1 is 0.923 bits per heavy atom. The van der Waals surface area contributed by atoms with E-state index in [-0.39, 0.29) is 13.2 Å². The van der Waals surface area contributed by atoms with Crippen molar-refractivity contribution in [3.8, 4) is 0 Å². The molecule has 0 saturated carbocycles. The Balaban J connectivity index is 2.92. The molecule has 0 fully saturated rings. The van der Waals surface area contributed by atoms with Crippen LogP contribution in [0.25, 0.3) is 0 Å². The van der Waals surface area contributed by atoms with Gasteiger partial charge in [0.1, 0.15) is 0 Å². The molecule has 0 spiro atoms. The standard InChI is InChI=1S/C9H18O4/c1-8(10)6-12-4-3-5-13-7-9(2)11/h8-11H,1-7H2. The number of aliphatic hydroxyl groups excluding tert-OH is 2. The summed E-state index contributed by atoms with van der Waals surface area (Å²) in [5.41, 5.74) is 0. The van der Waals surface area contributed by atoms with Gasteiger partial charge >= 0.3 is 0 Å². The fraction of sp³-hybridized carbons (Fsp3) is 0.778. The van der Waals surface area contributed by atoms with Gasteiger partial charge in [-0.05, 0) is 20.3 Å². The van der Waals surface area contributed by atoms with Gasteiger partial charge in [-0.25, -0.2) is 0 Å². The first-order chi connectivity index (χ1) is 6.13. The van der Waals surface area contributed by atoms with Crippen LogP contribution in [0.3, 0.4) is 0 Å². The van der Waals surface area contributed by atoms with Gasteiger partial charge in [0.2, 0.25) is 0 Å². The van der Waals surface area contributed by atoms with Gasteiger partial charge in [0, 0.05) is 13.2 Å². The highest BCUT2D eigenvalue weighted by Crippen LogP contribution is 1.89. The molecule has 2 unspecified atom stereocenters. The maximum Gasteiger partial charge on any atom is 0.0774 e. The van der Waals surface area contributed by atoms with E-state index in [4.69, 9.17) is 19.7 Å². The molecule has 2 atom stereocenters. The molecule has 13 heavy (non-hydrogen) atoms. The maximum atomic E-state index is 8.72. The lowest BCUT2D eigenvalue weighted by Crippen LogP contribution is -2.14. The van der Waals surface area contributed by atoms with E-state index in [0.717, 1.165) is 6.42 Å². The molecule has 0 heterocycles. The van der Waals surface area contributed by atoms with E-state index >= 15 is 0 Å². The average molecular weight is 190 g/mol. The summed E-state index contributed by atoms with van der Waals surface area (Å²) in [7, 11) is 0. The molecular formula is C9H18O4. The third kappa shape index (κ3) is 11.8. The highest BCUT2D eigenvalue weighted by atomic mass is 16.5. The summed E-state index contributed by atoms with van der Waals surface area (Å²) in [6.45, 7) is 8.26. The van der Waals surface area contributed by atoms with E-state index in [1.54, 1.807) is 0 Å². The van der Waals surface area contributed by atoms with Crippen molar-refractivity contribution in [3.05, 3.63) is 13.8 Å². The van der Waals surface area contributed by atoms with Gasteiger partial charge in [-0.3, -0.25) is 0 Å². The predicted molar refractivity (Wildman–Crippen MR) is 49.0 cm³/mol. The minimum absolute atomic E-state index is 0.248. The molecule has 0 amide bonds. The Bertz CT molecular complexity index is 91.8. The molecule has 0 aliphatic carbocycles. The zero-order valence-corrected chi connectivity index (χ0v) is 7.82. The van der Waals surface area contributed by atoms with Crippen molar-refractivity contribution in [3.63, 3.8) is 0 Å². The Morgan fingerprint density at radius 3 is 1.62 bits per heavy atom. The summed E-state index contributed by atoms with van der Waals surface area (Å²) in [4.78, 5) is 0. The van der Waals surface area contributed by atoms with Crippen molar-refractivity contribution < 1.29 is 19.7 Å². The summed E-state index contributed by atoms with van der Waals surface area (Å²) in [6.07, 6.45) is -0.593. The lowest BCUT2D eigenvalue weighted by molar-refractivity contribution is 0.0256. The van der Waals surface area contributed by atoms with E-state index in [9.17, 15) is 0 Å². The van der Waals surface area contributed by atoms with Crippen LogP contribution in [0.15, 0.2) is 0 Å². The zero-order valence-electron chi connectivity index (χ0n) is 7.82. The van der Waals surface area contributed by atoms with Gasteiger partial charge in [-0.15, -0.1) is 0 Å². The minimum atomic E-state index is -0.664. The van der Waals surface area contributed by atoms with Crippen LogP contribution in [0, 0.1) is 13.8 Å². The normalized spacial score (nSPS) is 15.7. The second-order valence-corrected chi connectivity index (χ2v) is 2.81. The quantitative estimate of drug-likeness (QED) is 0.520. The first-order valence-corrected chi connectivity index (χ1v) is 4.30. The number of aliphatic hydroxyl groups is 2. The SMILES string of the molecule is [CH2]C(O)COCCCOCC([CH2])O. The number of hydrogen-bond acceptors (Lipinski definition) is 4. The van der Waals surface area contributed by atoms with E-state index in [1.165, 1.54) is 0 Å². The van der Waals surface area contributed by atoms with E-state index < -0.39 is 12.2 Å². The Kier molecular flexibility index (Phi) is 8.33. The number of ether oxygens (including phenoxy) is 2. The van der Waals surface area contributed by atoms with Crippen molar-refractivity contribution in [2.45, 2.75) is 18.6 Å². The molecule has 0 aliphatic rings. The first-order valence-electron chi connectivity index (χ1n) is 4.30. The van der Waals surface area contributed by atoms with Gasteiger partial charge < -0.3 is 19.7 Å². The van der Waals surface area contributed by atoms with Crippen molar-refractivity contribution in [2.24, 2.45) is 0 Å². The predicted octanol–water partition coefficient (Wildman–Crippen LogP) is -0.200. The molecule has 0 aromatic carbocycles. The Hall–Kier alpha value is -0.160. The van der Waals surface area contributed by atoms with Crippen LogP contribution in [0.5, 0.6) is 0 Å².